The first-order chi connectivity index (χ1) is 9.47. The fourth-order valence-electron chi connectivity index (χ4n) is 1.53. The van der Waals surface area contributed by atoms with E-state index in [-0.39, 0.29) is 5.56 Å². The third-order valence-electron chi connectivity index (χ3n) is 2.63. The average Bonchev–Trinajstić information content (AvgIpc) is 2.95. The first kappa shape index (κ1) is 13.6. The Labute approximate surface area is 129 Å². The molecule has 0 saturated carbocycles. The Balaban J connectivity index is 2.08. The lowest BCUT2D eigenvalue weighted by Crippen LogP contribution is -2.17. The molecule has 10 heteroatoms. The van der Waals surface area contributed by atoms with E-state index < -0.39 is 0 Å². The van der Waals surface area contributed by atoms with E-state index in [4.69, 9.17) is 5.84 Å². The highest BCUT2D eigenvalue weighted by atomic mass is 79.9. The van der Waals surface area contributed by atoms with Gasteiger partial charge in [0.2, 0.25) is 4.96 Å². The number of rotatable bonds is 2. The number of aryl methyl sites for hydroxylation is 2. The molecule has 0 spiro atoms. The molecule has 3 aromatic rings. The maximum Gasteiger partial charge on any atom is 0.289 e. The van der Waals surface area contributed by atoms with Gasteiger partial charge in [0.15, 0.2) is 9.50 Å². The summed E-state index contributed by atoms with van der Waals surface area (Å²) in [5.74, 6) is 5.84. The molecule has 3 heterocycles. The Morgan fingerprint density at radius 3 is 2.85 bits per heavy atom. The topological polar surface area (TPSA) is 91.1 Å². The van der Waals surface area contributed by atoms with Crippen molar-refractivity contribution in [3.05, 3.63) is 32.4 Å². The molecule has 0 aliphatic heterocycles. The first-order valence-electron chi connectivity index (χ1n) is 5.50. The van der Waals surface area contributed by atoms with Gasteiger partial charge in [-0.2, -0.15) is 4.52 Å². The zero-order valence-corrected chi connectivity index (χ0v) is 13.7. The minimum Gasteiger partial charge on any atom is -0.337 e. The first-order valence-corrected chi connectivity index (χ1v) is 7.93. The minimum atomic E-state index is -0.220. The third-order valence-corrected chi connectivity index (χ3v) is 5.49. The molecule has 3 aromatic heterocycles. The molecule has 0 radical (unpaired) electrons. The van der Waals surface area contributed by atoms with E-state index in [2.05, 4.69) is 31.0 Å². The molecule has 7 nitrogen and oxygen atoms in total. The summed E-state index contributed by atoms with van der Waals surface area (Å²) in [5.41, 5.74) is 1.27. The Hall–Kier alpha value is -1.39. The van der Waals surface area contributed by atoms with E-state index in [1.807, 2.05) is 6.92 Å². The second-order valence-electron chi connectivity index (χ2n) is 4.03. The van der Waals surface area contributed by atoms with Gasteiger partial charge in [-0.1, -0.05) is 11.3 Å². The van der Waals surface area contributed by atoms with E-state index in [0.717, 1.165) is 5.69 Å². The highest BCUT2D eigenvalue weighted by Crippen LogP contribution is 2.29. The number of hydrogen-bond donors (Lipinski definition) is 1. The fraction of sp³-hybridized carbons (Fsp3) is 0.200. The largest absolute Gasteiger partial charge is 0.337 e. The van der Waals surface area contributed by atoms with Crippen LogP contribution in [0.5, 0.6) is 0 Å². The van der Waals surface area contributed by atoms with Crippen LogP contribution in [-0.2, 0) is 0 Å². The van der Waals surface area contributed by atoms with E-state index in [9.17, 15) is 4.79 Å². The molecule has 20 heavy (non-hydrogen) atoms. The van der Waals surface area contributed by atoms with Crippen molar-refractivity contribution in [3.63, 3.8) is 0 Å². The maximum atomic E-state index is 12.1. The molecule has 104 valence electrons. The van der Waals surface area contributed by atoms with Gasteiger partial charge in [0, 0.05) is 0 Å². The zero-order chi connectivity index (χ0) is 14.4. The van der Waals surface area contributed by atoms with Crippen molar-refractivity contribution in [2.75, 3.05) is 5.84 Å². The van der Waals surface area contributed by atoms with Crippen molar-refractivity contribution in [1.29, 1.82) is 0 Å². The van der Waals surface area contributed by atoms with E-state index in [1.165, 1.54) is 32.3 Å². The molecule has 0 aromatic carbocycles. The quantitative estimate of drug-likeness (QED) is 0.686. The second-order valence-corrected chi connectivity index (χ2v) is 7.00. The number of fused-ring (bicyclic) bond motifs is 1. The standard InChI is InChI=1S/C10H9BrN6OS2/c1-4-3-13-8(16(4)12)19-10-15-17-7(18)6(11)5(2)14-9(17)20-10/h3H,12H2,1-2H3. The highest BCUT2D eigenvalue weighted by molar-refractivity contribution is 9.10. The van der Waals surface area contributed by atoms with E-state index >= 15 is 0 Å². The molecule has 0 aliphatic carbocycles. The molecule has 3 rings (SSSR count). The van der Waals surface area contributed by atoms with Crippen LogP contribution >= 0.6 is 39.0 Å². The summed E-state index contributed by atoms with van der Waals surface area (Å²) >= 11 is 5.84. The highest BCUT2D eigenvalue weighted by Gasteiger charge is 2.14. The number of aromatic nitrogens is 5. The summed E-state index contributed by atoms with van der Waals surface area (Å²) in [6.07, 6.45) is 1.68. The zero-order valence-electron chi connectivity index (χ0n) is 10.5. The van der Waals surface area contributed by atoms with Crippen LogP contribution in [0.3, 0.4) is 0 Å². The van der Waals surface area contributed by atoms with Gasteiger partial charge in [0.05, 0.1) is 17.6 Å². The van der Waals surface area contributed by atoms with Gasteiger partial charge >= 0.3 is 0 Å². The van der Waals surface area contributed by atoms with Gasteiger partial charge in [-0.25, -0.2) is 14.6 Å². The van der Waals surface area contributed by atoms with Gasteiger partial charge in [0.25, 0.3) is 5.56 Å². The number of imidazole rings is 1. The van der Waals surface area contributed by atoms with Crippen LogP contribution in [0.2, 0.25) is 0 Å². The summed E-state index contributed by atoms with van der Waals surface area (Å²) in [5, 5.41) is 4.86. The van der Waals surface area contributed by atoms with Crippen LogP contribution in [-0.4, -0.2) is 24.3 Å². The summed E-state index contributed by atoms with van der Waals surface area (Å²) in [4.78, 5) is 21.1. The third kappa shape index (κ3) is 2.13. The number of nitrogens with two attached hydrogens (primary N) is 1. The molecule has 0 bridgehead atoms. The van der Waals surface area contributed by atoms with Gasteiger partial charge in [-0.3, -0.25) is 4.79 Å². The van der Waals surface area contributed by atoms with Crippen molar-refractivity contribution in [2.45, 2.75) is 23.3 Å². The average molecular weight is 373 g/mol. The lowest BCUT2D eigenvalue weighted by molar-refractivity contribution is 0.815. The fourth-order valence-corrected chi connectivity index (χ4v) is 3.70. The Bertz CT molecular complexity index is 867. The van der Waals surface area contributed by atoms with Crippen molar-refractivity contribution in [3.8, 4) is 0 Å². The van der Waals surface area contributed by atoms with E-state index in [0.29, 0.717) is 24.6 Å². The second kappa shape index (κ2) is 4.86. The van der Waals surface area contributed by atoms with Crippen molar-refractivity contribution in [1.82, 2.24) is 24.3 Å². The molecular formula is C10H9BrN6OS2. The summed E-state index contributed by atoms with van der Waals surface area (Å²) in [6, 6.07) is 0. The van der Waals surface area contributed by atoms with Crippen LogP contribution in [0.25, 0.3) is 4.96 Å². The summed E-state index contributed by atoms with van der Waals surface area (Å²) in [6.45, 7) is 3.63. The number of nitrogens with zero attached hydrogens (tertiary/aromatic N) is 5. The number of hydrogen-bond acceptors (Lipinski definition) is 7. The van der Waals surface area contributed by atoms with Gasteiger partial charge in [-0.05, 0) is 41.5 Å². The molecule has 0 amide bonds. The lowest BCUT2D eigenvalue weighted by Gasteiger charge is -1.98. The normalized spacial score (nSPS) is 11.3. The minimum absolute atomic E-state index is 0.220. The Morgan fingerprint density at radius 2 is 2.20 bits per heavy atom. The van der Waals surface area contributed by atoms with Crippen LogP contribution < -0.4 is 11.4 Å². The molecule has 0 aliphatic rings. The molecular weight excluding hydrogens is 364 g/mol. The van der Waals surface area contributed by atoms with Crippen molar-refractivity contribution in [2.24, 2.45) is 0 Å². The predicted octanol–water partition coefficient (Wildman–Crippen LogP) is 1.59. The van der Waals surface area contributed by atoms with Crippen LogP contribution in [0.1, 0.15) is 11.4 Å². The van der Waals surface area contributed by atoms with Crippen molar-refractivity contribution >= 4 is 44.0 Å². The lowest BCUT2D eigenvalue weighted by atomic mass is 10.5. The Kier molecular flexibility index (Phi) is 3.30. The Morgan fingerprint density at radius 1 is 1.45 bits per heavy atom. The molecule has 0 unspecified atom stereocenters. The van der Waals surface area contributed by atoms with Crippen molar-refractivity contribution < 1.29 is 0 Å². The predicted molar refractivity (Wildman–Crippen MR) is 80.8 cm³/mol. The summed E-state index contributed by atoms with van der Waals surface area (Å²) in [7, 11) is 0. The molecule has 2 N–H and O–H groups in total. The molecule has 0 saturated heterocycles. The SMILES string of the molecule is Cc1nc2sc(Sc3ncc(C)n3N)nn2c(=O)c1Br. The number of nitrogen functional groups attached to an aromatic ring is 1. The summed E-state index contributed by atoms with van der Waals surface area (Å²) < 4.78 is 3.84. The van der Waals surface area contributed by atoms with E-state index in [1.54, 1.807) is 13.1 Å². The molecule has 0 fully saturated rings. The maximum absolute atomic E-state index is 12.1. The monoisotopic (exact) mass is 372 g/mol. The number of halogens is 1. The van der Waals surface area contributed by atoms with Gasteiger partial charge < -0.3 is 5.84 Å². The van der Waals surface area contributed by atoms with Gasteiger partial charge in [-0.15, -0.1) is 5.10 Å². The smallest absolute Gasteiger partial charge is 0.289 e. The molecule has 0 atom stereocenters. The van der Waals surface area contributed by atoms with Crippen LogP contribution in [0, 0.1) is 13.8 Å². The van der Waals surface area contributed by atoms with Crippen LogP contribution in [0.4, 0.5) is 0 Å². The van der Waals surface area contributed by atoms with Crippen LogP contribution in [0.15, 0.2) is 25.0 Å². The van der Waals surface area contributed by atoms with Gasteiger partial charge in [0.1, 0.15) is 4.47 Å².